The normalized spacial score (nSPS) is 15.9. The Bertz CT molecular complexity index is 1090. The summed E-state index contributed by atoms with van der Waals surface area (Å²) in [5.41, 5.74) is 4.17. The molecule has 1 aliphatic heterocycles. The SMILES string of the molecule is [2H]C([2H])([2H])n1c2[n+](c3c1nc1ccccn13)Cc1ccccc1-2. The third kappa shape index (κ3) is 1.04. The summed E-state index contributed by atoms with van der Waals surface area (Å²) in [4.78, 5) is 4.56. The van der Waals surface area contributed by atoms with E-state index >= 15 is 0 Å². The van der Waals surface area contributed by atoms with Crippen LogP contribution in [0.25, 0.3) is 28.3 Å². The number of aromatic nitrogens is 4. The molecule has 4 heteroatoms. The van der Waals surface area contributed by atoms with Crippen LogP contribution in [0.5, 0.6) is 0 Å². The smallest absolute Gasteiger partial charge is 0.240 e. The van der Waals surface area contributed by atoms with Gasteiger partial charge in [-0.3, -0.25) is 0 Å². The van der Waals surface area contributed by atoms with Gasteiger partial charge in [-0.05, 0) is 18.2 Å². The number of imidazole rings is 2. The molecule has 0 bridgehead atoms. The Morgan fingerprint density at radius 1 is 1.20 bits per heavy atom. The molecule has 4 heterocycles. The topological polar surface area (TPSA) is 26.1 Å². The number of nitrogens with zero attached hydrogens (tertiary/aromatic N) is 4. The molecule has 0 aliphatic carbocycles. The maximum atomic E-state index is 7.99. The van der Waals surface area contributed by atoms with Gasteiger partial charge in [-0.2, -0.15) is 4.98 Å². The Balaban J connectivity index is 2.01. The van der Waals surface area contributed by atoms with Crippen molar-refractivity contribution in [3.8, 4) is 11.4 Å². The lowest BCUT2D eigenvalue weighted by Gasteiger charge is -1.95. The van der Waals surface area contributed by atoms with Gasteiger partial charge in [0.2, 0.25) is 5.82 Å². The van der Waals surface area contributed by atoms with Crippen molar-refractivity contribution in [1.82, 2.24) is 14.0 Å². The molecule has 96 valence electrons. The lowest BCUT2D eigenvalue weighted by atomic mass is 10.1. The van der Waals surface area contributed by atoms with E-state index < -0.39 is 6.98 Å². The van der Waals surface area contributed by atoms with Gasteiger partial charge < -0.3 is 0 Å². The Morgan fingerprint density at radius 2 is 2.10 bits per heavy atom. The summed E-state index contributed by atoms with van der Waals surface area (Å²) in [6.07, 6.45) is 1.92. The van der Waals surface area contributed by atoms with Gasteiger partial charge >= 0.3 is 0 Å². The van der Waals surface area contributed by atoms with Crippen LogP contribution >= 0.6 is 0 Å². The first-order valence-corrected chi connectivity index (χ1v) is 6.56. The minimum Gasteiger partial charge on any atom is -0.240 e. The van der Waals surface area contributed by atoms with Gasteiger partial charge in [0, 0.05) is 5.56 Å². The van der Waals surface area contributed by atoms with E-state index in [9.17, 15) is 0 Å². The zero-order valence-electron chi connectivity index (χ0n) is 13.6. The van der Waals surface area contributed by atoms with Crippen molar-refractivity contribution in [2.45, 2.75) is 6.54 Å². The van der Waals surface area contributed by atoms with E-state index in [1.165, 1.54) is 4.57 Å². The van der Waals surface area contributed by atoms with Gasteiger partial charge in [0.1, 0.15) is 0 Å². The average Bonchev–Trinajstić information content (AvgIpc) is 3.12. The predicted molar refractivity (Wildman–Crippen MR) is 76.4 cm³/mol. The molecule has 4 aromatic rings. The molecule has 0 radical (unpaired) electrons. The largest absolute Gasteiger partial charge is 0.295 e. The van der Waals surface area contributed by atoms with Crippen LogP contribution in [0.1, 0.15) is 9.68 Å². The van der Waals surface area contributed by atoms with E-state index in [0.29, 0.717) is 18.0 Å². The Labute approximate surface area is 119 Å². The van der Waals surface area contributed by atoms with Crippen molar-refractivity contribution in [3.63, 3.8) is 0 Å². The Hall–Kier alpha value is -2.62. The number of rotatable bonds is 0. The standard InChI is InChI=1S/C16H13N4/c1-18-14-16(19-9-5-4-8-13(19)17-14)20-10-11-6-2-3-7-12(11)15(18)20/h2-9H,10H2,1H3/q+1/i1D3. The van der Waals surface area contributed by atoms with Crippen molar-refractivity contribution in [1.29, 1.82) is 0 Å². The monoisotopic (exact) mass is 264 g/mol. The van der Waals surface area contributed by atoms with Crippen LogP contribution in [0, 0.1) is 0 Å². The van der Waals surface area contributed by atoms with E-state index in [0.717, 1.165) is 22.4 Å². The van der Waals surface area contributed by atoms with Crippen molar-refractivity contribution < 1.29 is 8.68 Å². The molecule has 0 unspecified atom stereocenters. The van der Waals surface area contributed by atoms with Gasteiger partial charge in [0.25, 0.3) is 11.3 Å². The lowest BCUT2D eigenvalue weighted by molar-refractivity contribution is -0.648. The molecule has 5 rings (SSSR count). The molecular weight excluding hydrogens is 248 g/mol. The van der Waals surface area contributed by atoms with Crippen LogP contribution in [0.3, 0.4) is 0 Å². The number of hydrogen-bond donors (Lipinski definition) is 0. The predicted octanol–water partition coefficient (Wildman–Crippen LogP) is 2.14. The molecule has 20 heavy (non-hydrogen) atoms. The minimum absolute atomic E-state index is 0.501. The fourth-order valence-electron chi connectivity index (χ4n) is 3.15. The zero-order chi connectivity index (χ0) is 15.8. The van der Waals surface area contributed by atoms with Crippen LogP contribution < -0.4 is 4.57 Å². The quantitative estimate of drug-likeness (QED) is 0.394. The minimum atomic E-state index is -2.28. The summed E-state index contributed by atoms with van der Waals surface area (Å²) in [5, 5.41) is 0. The van der Waals surface area contributed by atoms with Gasteiger partial charge in [-0.1, -0.05) is 24.3 Å². The molecule has 0 saturated heterocycles. The Kier molecular flexibility index (Phi) is 1.29. The molecule has 3 aromatic heterocycles. The van der Waals surface area contributed by atoms with Crippen LogP contribution in [0.15, 0.2) is 48.7 Å². The van der Waals surface area contributed by atoms with Crippen molar-refractivity contribution in [3.05, 3.63) is 54.2 Å². The second-order valence-corrected chi connectivity index (χ2v) is 5.09. The highest BCUT2D eigenvalue weighted by molar-refractivity contribution is 5.76. The first-order valence-electron chi connectivity index (χ1n) is 8.06. The number of fused-ring (bicyclic) bond motifs is 7. The number of hydrogen-bond acceptors (Lipinski definition) is 1. The van der Waals surface area contributed by atoms with E-state index in [1.54, 1.807) is 0 Å². The fraction of sp³-hybridized carbons (Fsp3) is 0.125. The second-order valence-electron chi connectivity index (χ2n) is 5.09. The van der Waals surface area contributed by atoms with Crippen molar-refractivity contribution in [2.24, 2.45) is 6.98 Å². The Morgan fingerprint density at radius 3 is 3.05 bits per heavy atom. The van der Waals surface area contributed by atoms with Crippen LogP contribution in [-0.4, -0.2) is 14.0 Å². The van der Waals surface area contributed by atoms with E-state index in [-0.39, 0.29) is 0 Å². The highest BCUT2D eigenvalue weighted by Crippen LogP contribution is 2.30. The molecule has 0 saturated carbocycles. The van der Waals surface area contributed by atoms with Gasteiger partial charge in [0.15, 0.2) is 5.65 Å². The molecule has 1 aliphatic rings. The van der Waals surface area contributed by atoms with E-state index in [1.807, 2.05) is 57.6 Å². The summed E-state index contributed by atoms with van der Waals surface area (Å²) in [7, 11) is 0. The lowest BCUT2D eigenvalue weighted by Crippen LogP contribution is -2.32. The maximum Gasteiger partial charge on any atom is 0.295 e. The molecule has 0 spiro atoms. The molecule has 4 nitrogen and oxygen atoms in total. The zero-order valence-corrected chi connectivity index (χ0v) is 10.6. The summed E-state index contributed by atoms with van der Waals surface area (Å²) >= 11 is 0. The second kappa shape index (κ2) is 3.28. The molecule has 0 amide bonds. The number of benzene rings is 1. The van der Waals surface area contributed by atoms with Crippen LogP contribution in [0.4, 0.5) is 0 Å². The summed E-state index contributed by atoms with van der Waals surface area (Å²) in [6, 6.07) is 13.7. The van der Waals surface area contributed by atoms with Gasteiger partial charge in [0.05, 0.1) is 29.4 Å². The van der Waals surface area contributed by atoms with Crippen LogP contribution in [0.2, 0.25) is 0 Å². The summed E-state index contributed by atoms with van der Waals surface area (Å²) in [5.74, 6) is 0.705. The highest BCUT2D eigenvalue weighted by Gasteiger charge is 2.33. The molecular formula is C16H13N4+. The summed E-state index contributed by atoms with van der Waals surface area (Å²) < 4.78 is 29.4. The third-order valence-electron chi connectivity index (χ3n) is 4.01. The number of pyridine rings is 1. The fourth-order valence-corrected chi connectivity index (χ4v) is 3.15. The first kappa shape index (κ1) is 7.85. The van der Waals surface area contributed by atoms with Crippen LogP contribution in [-0.2, 0) is 13.5 Å². The highest BCUT2D eigenvalue weighted by atomic mass is 15.3. The van der Waals surface area contributed by atoms with Crippen molar-refractivity contribution in [2.75, 3.05) is 0 Å². The molecule has 0 fully saturated rings. The number of aryl methyl sites for hydroxylation is 1. The summed E-state index contributed by atoms with van der Waals surface area (Å²) in [6.45, 7) is -1.62. The average molecular weight is 264 g/mol. The van der Waals surface area contributed by atoms with Gasteiger partial charge in [-0.15, -0.1) is 0 Å². The molecule has 1 aromatic carbocycles. The van der Waals surface area contributed by atoms with Gasteiger partial charge in [-0.25, -0.2) is 13.5 Å². The third-order valence-corrected chi connectivity index (χ3v) is 4.01. The van der Waals surface area contributed by atoms with E-state index in [2.05, 4.69) is 4.98 Å². The van der Waals surface area contributed by atoms with E-state index in [4.69, 9.17) is 4.11 Å². The molecule has 0 N–H and O–H groups in total. The maximum absolute atomic E-state index is 7.99. The molecule has 0 atom stereocenters. The first-order chi connectivity index (χ1) is 11.1. The van der Waals surface area contributed by atoms with Crippen molar-refractivity contribution >= 4 is 16.9 Å².